The summed E-state index contributed by atoms with van der Waals surface area (Å²) in [5.74, 6) is 0. The molecule has 2 aromatic heterocycles. The van der Waals surface area contributed by atoms with Crippen molar-refractivity contribution in [3.8, 4) is 11.1 Å². The fourth-order valence-electron chi connectivity index (χ4n) is 1.92. The normalized spacial score (nSPS) is 12.6. The summed E-state index contributed by atoms with van der Waals surface area (Å²) in [5.41, 5.74) is -0.0219. The standard InChI is InChI=1S/C15H19ClF3N3OSi/c1-24(2,3)7-6-23-10-22-9-11(8-20-22)12-4-5-13(15(17,18)19)21-14(12)16/h4-5,8-9H,6-7,10H2,1-3H3. The minimum absolute atomic E-state index is 0.205. The van der Waals surface area contributed by atoms with E-state index in [2.05, 4.69) is 29.7 Å². The van der Waals surface area contributed by atoms with Gasteiger partial charge in [0.25, 0.3) is 0 Å². The number of halogens is 4. The molecule has 0 bridgehead atoms. The molecule has 2 aromatic rings. The summed E-state index contributed by atoms with van der Waals surface area (Å²) >= 11 is 5.88. The van der Waals surface area contributed by atoms with Gasteiger partial charge in [0.15, 0.2) is 0 Å². The Morgan fingerprint density at radius 3 is 2.54 bits per heavy atom. The first-order valence-corrected chi connectivity index (χ1v) is 11.5. The minimum Gasteiger partial charge on any atom is -0.360 e. The van der Waals surface area contributed by atoms with Crippen molar-refractivity contribution in [2.45, 2.75) is 38.6 Å². The van der Waals surface area contributed by atoms with E-state index in [1.807, 2.05) is 0 Å². The quantitative estimate of drug-likeness (QED) is 0.407. The lowest BCUT2D eigenvalue weighted by atomic mass is 10.1. The van der Waals surface area contributed by atoms with Crippen LogP contribution >= 0.6 is 11.6 Å². The number of rotatable bonds is 6. The van der Waals surface area contributed by atoms with E-state index >= 15 is 0 Å². The summed E-state index contributed by atoms with van der Waals surface area (Å²) in [6.07, 6.45) is -1.32. The van der Waals surface area contributed by atoms with E-state index in [4.69, 9.17) is 16.3 Å². The lowest BCUT2D eigenvalue weighted by Crippen LogP contribution is -2.22. The number of nitrogens with zero attached hydrogens (tertiary/aromatic N) is 3. The highest BCUT2D eigenvalue weighted by molar-refractivity contribution is 6.76. The molecule has 0 saturated heterocycles. The van der Waals surface area contributed by atoms with Crippen LogP contribution in [0.15, 0.2) is 24.5 Å². The Hall–Kier alpha value is -1.38. The van der Waals surface area contributed by atoms with Gasteiger partial charge in [-0.25, -0.2) is 9.67 Å². The minimum atomic E-state index is -4.52. The van der Waals surface area contributed by atoms with E-state index in [-0.39, 0.29) is 11.9 Å². The summed E-state index contributed by atoms with van der Waals surface area (Å²) in [6.45, 7) is 7.75. The maximum atomic E-state index is 12.6. The number of hydrogen-bond donors (Lipinski definition) is 0. The molecule has 24 heavy (non-hydrogen) atoms. The Kier molecular flexibility index (Phi) is 5.72. The van der Waals surface area contributed by atoms with Gasteiger partial charge in [0.1, 0.15) is 17.6 Å². The summed E-state index contributed by atoms with van der Waals surface area (Å²) in [5, 5.41) is 3.93. The van der Waals surface area contributed by atoms with Gasteiger partial charge < -0.3 is 4.74 Å². The Bertz CT molecular complexity index is 698. The second kappa shape index (κ2) is 7.24. The molecule has 2 rings (SSSR count). The van der Waals surface area contributed by atoms with Crippen LogP contribution in [0.1, 0.15) is 5.69 Å². The van der Waals surface area contributed by atoms with E-state index in [1.165, 1.54) is 12.3 Å². The topological polar surface area (TPSA) is 39.9 Å². The van der Waals surface area contributed by atoms with Crippen LogP contribution in [0.25, 0.3) is 11.1 Å². The summed E-state index contributed by atoms with van der Waals surface area (Å²) in [7, 11) is -1.14. The predicted octanol–water partition coefficient (Wildman–Crippen LogP) is 4.93. The lowest BCUT2D eigenvalue weighted by molar-refractivity contribution is -0.141. The van der Waals surface area contributed by atoms with Crippen LogP contribution in [0, 0.1) is 0 Å². The Morgan fingerprint density at radius 2 is 1.96 bits per heavy atom. The van der Waals surface area contributed by atoms with Crippen molar-refractivity contribution in [3.05, 3.63) is 35.4 Å². The highest BCUT2D eigenvalue weighted by Crippen LogP contribution is 2.32. The van der Waals surface area contributed by atoms with E-state index in [0.717, 1.165) is 12.1 Å². The molecule has 0 amide bonds. The van der Waals surface area contributed by atoms with Crippen molar-refractivity contribution in [2.24, 2.45) is 0 Å². The zero-order valence-corrected chi connectivity index (χ0v) is 15.4. The van der Waals surface area contributed by atoms with Gasteiger partial charge in [-0.15, -0.1) is 0 Å². The third-order valence-electron chi connectivity index (χ3n) is 3.30. The molecule has 9 heteroatoms. The van der Waals surface area contributed by atoms with Gasteiger partial charge in [-0.3, -0.25) is 0 Å². The molecule has 0 spiro atoms. The molecule has 0 unspecified atom stereocenters. The third-order valence-corrected chi connectivity index (χ3v) is 5.30. The third kappa shape index (κ3) is 5.32. The maximum absolute atomic E-state index is 12.6. The number of hydrogen-bond acceptors (Lipinski definition) is 3. The maximum Gasteiger partial charge on any atom is 0.433 e. The Morgan fingerprint density at radius 1 is 1.25 bits per heavy atom. The molecule has 0 aliphatic heterocycles. The molecule has 0 N–H and O–H groups in total. The van der Waals surface area contributed by atoms with Crippen molar-refractivity contribution < 1.29 is 17.9 Å². The van der Waals surface area contributed by atoms with Crippen LogP contribution < -0.4 is 0 Å². The van der Waals surface area contributed by atoms with Crippen molar-refractivity contribution in [1.82, 2.24) is 14.8 Å². The molecule has 0 fully saturated rings. The van der Waals surface area contributed by atoms with E-state index < -0.39 is 19.9 Å². The van der Waals surface area contributed by atoms with Gasteiger partial charge in [0, 0.05) is 32.0 Å². The van der Waals surface area contributed by atoms with Gasteiger partial charge in [-0.05, 0) is 18.2 Å². The van der Waals surface area contributed by atoms with E-state index in [1.54, 1.807) is 10.9 Å². The molecule has 4 nitrogen and oxygen atoms in total. The predicted molar refractivity (Wildman–Crippen MR) is 89.6 cm³/mol. The first kappa shape index (κ1) is 18.9. The summed E-state index contributed by atoms with van der Waals surface area (Å²) in [4.78, 5) is 3.41. The number of alkyl halides is 3. The smallest absolute Gasteiger partial charge is 0.360 e. The van der Waals surface area contributed by atoms with Crippen LogP contribution in [-0.4, -0.2) is 29.4 Å². The highest BCUT2D eigenvalue weighted by atomic mass is 35.5. The number of aromatic nitrogens is 3. The van der Waals surface area contributed by atoms with E-state index in [0.29, 0.717) is 17.7 Å². The Balaban J connectivity index is 2.03. The lowest BCUT2D eigenvalue weighted by Gasteiger charge is -2.15. The first-order valence-electron chi connectivity index (χ1n) is 7.40. The fraction of sp³-hybridized carbons (Fsp3) is 0.467. The summed E-state index contributed by atoms with van der Waals surface area (Å²) in [6, 6.07) is 3.25. The second-order valence-electron chi connectivity index (χ2n) is 6.65. The van der Waals surface area contributed by atoms with Gasteiger partial charge >= 0.3 is 6.18 Å². The molecule has 0 aromatic carbocycles. The van der Waals surface area contributed by atoms with Crippen LogP contribution in [0.5, 0.6) is 0 Å². The molecule has 132 valence electrons. The van der Waals surface area contributed by atoms with Crippen LogP contribution in [0.2, 0.25) is 30.8 Å². The average Bonchev–Trinajstić information content (AvgIpc) is 2.90. The monoisotopic (exact) mass is 377 g/mol. The highest BCUT2D eigenvalue weighted by Gasteiger charge is 2.33. The van der Waals surface area contributed by atoms with Gasteiger partial charge in [-0.1, -0.05) is 31.2 Å². The zero-order chi connectivity index (χ0) is 18.0. The van der Waals surface area contributed by atoms with Crippen LogP contribution in [0.4, 0.5) is 13.2 Å². The van der Waals surface area contributed by atoms with Gasteiger partial charge in [0.2, 0.25) is 0 Å². The molecular weight excluding hydrogens is 359 g/mol. The largest absolute Gasteiger partial charge is 0.433 e. The van der Waals surface area contributed by atoms with Gasteiger partial charge in [0.05, 0.1) is 6.20 Å². The van der Waals surface area contributed by atoms with Crippen LogP contribution in [0.3, 0.4) is 0 Å². The molecule has 0 atom stereocenters. The molecule has 0 aliphatic carbocycles. The molecule has 0 aliphatic rings. The SMILES string of the molecule is C[Si](C)(C)CCOCn1cc(-c2ccc(C(F)(F)F)nc2Cl)cn1. The number of pyridine rings is 1. The van der Waals surface area contributed by atoms with Gasteiger partial charge in [-0.2, -0.15) is 18.3 Å². The second-order valence-corrected chi connectivity index (χ2v) is 12.6. The first-order chi connectivity index (χ1) is 11.1. The van der Waals surface area contributed by atoms with E-state index in [9.17, 15) is 13.2 Å². The van der Waals surface area contributed by atoms with Crippen molar-refractivity contribution in [2.75, 3.05) is 6.61 Å². The van der Waals surface area contributed by atoms with Crippen LogP contribution in [-0.2, 0) is 17.6 Å². The zero-order valence-electron chi connectivity index (χ0n) is 13.7. The van der Waals surface area contributed by atoms with Crippen molar-refractivity contribution in [3.63, 3.8) is 0 Å². The summed E-state index contributed by atoms with van der Waals surface area (Å²) < 4.78 is 45.0. The van der Waals surface area contributed by atoms with Crippen molar-refractivity contribution in [1.29, 1.82) is 0 Å². The molecule has 0 saturated carbocycles. The molecular formula is C15H19ClF3N3OSi. The van der Waals surface area contributed by atoms with Crippen molar-refractivity contribution >= 4 is 19.7 Å². The Labute approximate surface area is 144 Å². The molecule has 0 radical (unpaired) electrons. The number of ether oxygens (including phenoxy) is 1. The average molecular weight is 378 g/mol. The molecule has 2 heterocycles. The fourth-order valence-corrected chi connectivity index (χ4v) is 2.94.